The maximum atomic E-state index is 4.84. The predicted molar refractivity (Wildman–Crippen MR) is 101 cm³/mol. The molecule has 0 spiro atoms. The van der Waals surface area contributed by atoms with Crippen LogP contribution < -0.4 is 10.2 Å². The molecule has 1 aromatic carbocycles. The summed E-state index contributed by atoms with van der Waals surface area (Å²) in [6.07, 6.45) is 0. The normalized spacial score (nSPS) is 15.8. The minimum absolute atomic E-state index is 0.793. The van der Waals surface area contributed by atoms with Gasteiger partial charge in [-0.2, -0.15) is 4.98 Å². The first kappa shape index (κ1) is 15.4. The van der Waals surface area contributed by atoms with Gasteiger partial charge in [-0.15, -0.1) is 11.3 Å². The van der Waals surface area contributed by atoms with Crippen molar-refractivity contribution >= 4 is 34.0 Å². The Hall–Kier alpha value is -2.18. The summed E-state index contributed by atoms with van der Waals surface area (Å²) in [6, 6.07) is 12.4. The molecule has 0 aliphatic carbocycles. The third kappa shape index (κ3) is 3.20. The lowest BCUT2D eigenvalue weighted by Crippen LogP contribution is -2.45. The third-order valence-electron chi connectivity index (χ3n) is 4.39. The van der Waals surface area contributed by atoms with Crippen LogP contribution in [0.3, 0.4) is 0 Å². The van der Waals surface area contributed by atoms with Gasteiger partial charge in [-0.25, -0.2) is 4.98 Å². The number of thiophene rings is 1. The molecule has 1 N–H and O–H groups in total. The molecule has 0 bridgehead atoms. The van der Waals surface area contributed by atoms with Crippen LogP contribution in [0.4, 0.5) is 11.8 Å². The van der Waals surface area contributed by atoms with Crippen molar-refractivity contribution in [2.24, 2.45) is 0 Å². The molecule has 1 fully saturated rings. The molecule has 0 saturated carbocycles. The van der Waals surface area contributed by atoms with Crippen LogP contribution in [0.25, 0.3) is 10.9 Å². The number of rotatable bonds is 4. The van der Waals surface area contributed by atoms with E-state index in [0.717, 1.165) is 55.4 Å². The number of hydrogen-bond acceptors (Lipinski definition) is 6. The maximum absolute atomic E-state index is 4.84. The Morgan fingerprint density at radius 1 is 1.04 bits per heavy atom. The first-order valence-electron chi connectivity index (χ1n) is 8.26. The summed E-state index contributed by atoms with van der Waals surface area (Å²) in [4.78, 5) is 15.6. The number of anilines is 2. The Morgan fingerprint density at radius 3 is 2.67 bits per heavy atom. The highest BCUT2D eigenvalue weighted by Gasteiger charge is 2.18. The highest BCUT2D eigenvalue weighted by Crippen LogP contribution is 2.25. The molecule has 1 aliphatic heterocycles. The summed E-state index contributed by atoms with van der Waals surface area (Å²) < 4.78 is 0. The molecular weight excluding hydrogens is 318 g/mol. The summed E-state index contributed by atoms with van der Waals surface area (Å²) in [7, 11) is 2.16. The van der Waals surface area contributed by atoms with Gasteiger partial charge >= 0.3 is 0 Å². The highest BCUT2D eigenvalue weighted by molar-refractivity contribution is 7.09. The number of aromatic nitrogens is 2. The van der Waals surface area contributed by atoms with Crippen molar-refractivity contribution in [3.8, 4) is 0 Å². The van der Waals surface area contributed by atoms with Crippen LogP contribution in [0.5, 0.6) is 0 Å². The highest BCUT2D eigenvalue weighted by atomic mass is 32.1. The fraction of sp³-hybridized carbons (Fsp3) is 0.333. The van der Waals surface area contributed by atoms with Gasteiger partial charge in [0.2, 0.25) is 5.95 Å². The lowest BCUT2D eigenvalue weighted by atomic mass is 10.2. The number of para-hydroxylation sites is 1. The van der Waals surface area contributed by atoms with Crippen molar-refractivity contribution in [1.82, 2.24) is 14.9 Å². The summed E-state index contributed by atoms with van der Waals surface area (Å²) in [5.41, 5.74) is 0.995. The average molecular weight is 339 g/mol. The Kier molecular flexibility index (Phi) is 4.32. The van der Waals surface area contributed by atoms with E-state index in [-0.39, 0.29) is 0 Å². The molecule has 2 aromatic heterocycles. The molecule has 5 nitrogen and oxygen atoms in total. The molecule has 1 saturated heterocycles. The van der Waals surface area contributed by atoms with E-state index in [1.54, 1.807) is 11.3 Å². The number of benzene rings is 1. The van der Waals surface area contributed by atoms with Crippen LogP contribution in [-0.2, 0) is 6.54 Å². The van der Waals surface area contributed by atoms with Gasteiger partial charge in [-0.1, -0.05) is 18.2 Å². The topological polar surface area (TPSA) is 44.3 Å². The monoisotopic (exact) mass is 339 g/mol. The van der Waals surface area contributed by atoms with Crippen LogP contribution in [-0.4, -0.2) is 48.1 Å². The number of piperazine rings is 1. The Balaban J connectivity index is 1.65. The molecular formula is C18H21N5S. The van der Waals surface area contributed by atoms with E-state index >= 15 is 0 Å². The van der Waals surface area contributed by atoms with Gasteiger partial charge in [0.25, 0.3) is 0 Å². The second-order valence-electron chi connectivity index (χ2n) is 6.11. The lowest BCUT2D eigenvalue weighted by molar-refractivity contribution is 0.311. The van der Waals surface area contributed by atoms with E-state index in [9.17, 15) is 0 Å². The van der Waals surface area contributed by atoms with Gasteiger partial charge < -0.3 is 15.1 Å². The summed E-state index contributed by atoms with van der Waals surface area (Å²) in [5, 5.41) is 6.68. The van der Waals surface area contributed by atoms with Crippen molar-refractivity contribution in [2.75, 3.05) is 43.4 Å². The summed E-state index contributed by atoms with van der Waals surface area (Å²) in [6.45, 7) is 4.83. The van der Waals surface area contributed by atoms with Gasteiger partial charge in [0.15, 0.2) is 0 Å². The number of nitrogens with zero attached hydrogens (tertiary/aromatic N) is 4. The number of fused-ring (bicyclic) bond motifs is 1. The largest absolute Gasteiger partial charge is 0.364 e. The SMILES string of the molecule is CN1CCN(c2nc(NCc3cccs3)c3ccccc3n2)CC1. The van der Waals surface area contributed by atoms with Gasteiger partial charge in [0, 0.05) is 36.4 Å². The van der Waals surface area contributed by atoms with Crippen LogP contribution in [0.1, 0.15) is 4.88 Å². The first-order valence-corrected chi connectivity index (χ1v) is 9.14. The first-order chi connectivity index (χ1) is 11.8. The molecule has 1 aliphatic rings. The average Bonchev–Trinajstić information content (AvgIpc) is 3.13. The zero-order valence-electron chi connectivity index (χ0n) is 13.8. The van der Waals surface area contributed by atoms with E-state index in [1.807, 2.05) is 12.1 Å². The standard InChI is InChI=1S/C18H21N5S/c1-22-8-10-23(11-9-22)18-20-16-7-3-2-6-15(16)17(21-18)19-13-14-5-4-12-24-14/h2-7,12H,8-11,13H2,1H3,(H,19,20,21). The minimum Gasteiger partial charge on any atom is -0.364 e. The third-order valence-corrected chi connectivity index (χ3v) is 5.26. The van der Waals surface area contributed by atoms with E-state index < -0.39 is 0 Å². The fourth-order valence-corrected chi connectivity index (χ4v) is 3.58. The number of nitrogens with one attached hydrogen (secondary N) is 1. The molecule has 3 heterocycles. The second kappa shape index (κ2) is 6.75. The summed E-state index contributed by atoms with van der Waals surface area (Å²) >= 11 is 1.76. The smallest absolute Gasteiger partial charge is 0.227 e. The maximum Gasteiger partial charge on any atom is 0.227 e. The lowest BCUT2D eigenvalue weighted by Gasteiger charge is -2.32. The van der Waals surface area contributed by atoms with Crippen molar-refractivity contribution in [3.05, 3.63) is 46.7 Å². The Morgan fingerprint density at radius 2 is 1.88 bits per heavy atom. The molecule has 24 heavy (non-hydrogen) atoms. The van der Waals surface area contributed by atoms with E-state index in [1.165, 1.54) is 4.88 Å². The van der Waals surface area contributed by atoms with E-state index in [4.69, 9.17) is 9.97 Å². The van der Waals surface area contributed by atoms with Crippen molar-refractivity contribution in [3.63, 3.8) is 0 Å². The minimum atomic E-state index is 0.793. The molecule has 0 atom stereocenters. The molecule has 0 unspecified atom stereocenters. The van der Waals surface area contributed by atoms with Crippen LogP contribution in [0.2, 0.25) is 0 Å². The van der Waals surface area contributed by atoms with Crippen molar-refractivity contribution in [2.45, 2.75) is 6.54 Å². The fourth-order valence-electron chi connectivity index (χ4n) is 2.93. The Labute approximate surface area is 146 Å². The number of hydrogen-bond donors (Lipinski definition) is 1. The molecule has 3 aromatic rings. The van der Waals surface area contributed by atoms with Gasteiger partial charge in [0.05, 0.1) is 12.1 Å². The molecule has 124 valence electrons. The second-order valence-corrected chi connectivity index (χ2v) is 7.14. The van der Waals surface area contributed by atoms with Crippen LogP contribution in [0.15, 0.2) is 41.8 Å². The van der Waals surface area contributed by atoms with Crippen molar-refractivity contribution in [1.29, 1.82) is 0 Å². The molecule has 4 rings (SSSR count). The molecule has 6 heteroatoms. The van der Waals surface area contributed by atoms with E-state index in [0.29, 0.717) is 0 Å². The summed E-state index contributed by atoms with van der Waals surface area (Å²) in [5.74, 6) is 1.75. The van der Waals surface area contributed by atoms with Gasteiger partial charge in [0.1, 0.15) is 5.82 Å². The molecule has 0 amide bonds. The van der Waals surface area contributed by atoms with Gasteiger partial charge in [-0.05, 0) is 30.6 Å². The zero-order chi connectivity index (χ0) is 16.4. The van der Waals surface area contributed by atoms with Crippen molar-refractivity contribution < 1.29 is 0 Å². The Bertz CT molecular complexity index is 809. The van der Waals surface area contributed by atoms with Gasteiger partial charge in [-0.3, -0.25) is 0 Å². The van der Waals surface area contributed by atoms with E-state index in [2.05, 4.69) is 51.8 Å². The number of likely N-dealkylation sites (N-methyl/N-ethyl adjacent to an activating group) is 1. The quantitative estimate of drug-likeness (QED) is 0.791. The van der Waals surface area contributed by atoms with Crippen LogP contribution in [0, 0.1) is 0 Å². The predicted octanol–water partition coefficient (Wildman–Crippen LogP) is 3.06. The molecule has 0 radical (unpaired) electrons. The zero-order valence-corrected chi connectivity index (χ0v) is 14.6. The van der Waals surface area contributed by atoms with Crippen LogP contribution >= 0.6 is 11.3 Å².